The van der Waals surface area contributed by atoms with Gasteiger partial charge in [0.05, 0.1) is 0 Å². The van der Waals surface area contributed by atoms with Crippen LogP contribution in [0.15, 0.2) is 24.3 Å². The average Bonchev–Trinajstić information content (AvgIpc) is 2.30. The first-order valence-electron chi connectivity index (χ1n) is 7.43. The number of hydrogen-bond acceptors (Lipinski definition) is 0. The van der Waals surface area contributed by atoms with Crippen molar-refractivity contribution in [2.24, 2.45) is 0 Å². The van der Waals surface area contributed by atoms with Crippen molar-refractivity contribution >= 4 is 13.5 Å². The van der Waals surface area contributed by atoms with Crippen molar-refractivity contribution in [2.45, 2.75) is 77.0 Å². The Labute approximate surface area is 131 Å². The molecule has 2 heteroatoms. The van der Waals surface area contributed by atoms with Gasteiger partial charge >= 0.3 is 30.4 Å². The molecule has 0 aromatic heterocycles. The predicted molar refractivity (Wildman–Crippen MR) is 82.6 cm³/mol. The standard InChI is InChI=1S/2C8H14.BrH.Ir/c2*1-2-4-6-8-7-5-3-1;;/h2*1-2H,3-8H2;1H;/q;;;+1/p-1/b2*2-1-;;. The van der Waals surface area contributed by atoms with Gasteiger partial charge in [-0.2, -0.15) is 0 Å². The minimum atomic E-state index is 1.32. The Bertz CT molecular complexity index is 157. The van der Waals surface area contributed by atoms with Gasteiger partial charge in [0, 0.05) is 0 Å². The Balaban J connectivity index is 0.000000283. The molecular formula is C16H28BrIr. The Kier molecular flexibility index (Phi) is 18.2. The number of hydrogen-bond donors (Lipinski definition) is 0. The van der Waals surface area contributed by atoms with Crippen molar-refractivity contribution in [3.05, 3.63) is 24.3 Å². The SMILES string of the molecule is C1=C\CCCCCC/1.C1=C\CCCCCC/1.[Br][Ir]. The second kappa shape index (κ2) is 17.6. The summed E-state index contributed by atoms with van der Waals surface area (Å²) in [6, 6.07) is 0. The molecule has 108 valence electrons. The number of rotatable bonds is 0. The Morgan fingerprint density at radius 2 is 0.667 bits per heavy atom. The molecule has 0 nitrogen and oxygen atoms in total. The van der Waals surface area contributed by atoms with Crippen LogP contribution < -0.4 is 0 Å². The molecule has 0 spiro atoms. The first kappa shape index (κ1) is 18.6. The normalized spacial score (nSPS) is 23.5. The molecule has 0 amide bonds. The van der Waals surface area contributed by atoms with E-state index >= 15 is 0 Å². The molecule has 0 heterocycles. The minimum absolute atomic E-state index is 1.32. The first-order valence-corrected chi connectivity index (χ1v) is 12.7. The van der Waals surface area contributed by atoms with E-state index in [1.807, 2.05) is 16.9 Å². The van der Waals surface area contributed by atoms with Crippen LogP contribution in [0.1, 0.15) is 77.0 Å². The van der Waals surface area contributed by atoms with Gasteiger partial charge in [-0.05, 0) is 51.4 Å². The second-order valence-corrected chi connectivity index (χ2v) is 4.93. The quantitative estimate of drug-likeness (QED) is 0.333. The zero-order chi connectivity index (χ0) is 13.3. The van der Waals surface area contributed by atoms with E-state index < -0.39 is 0 Å². The van der Waals surface area contributed by atoms with Crippen LogP contribution in [-0.4, -0.2) is 0 Å². The molecule has 0 unspecified atom stereocenters. The van der Waals surface area contributed by atoms with Crippen molar-refractivity contribution in [1.82, 2.24) is 0 Å². The maximum absolute atomic E-state index is 2.94. The molecule has 0 saturated heterocycles. The molecule has 0 aromatic rings. The van der Waals surface area contributed by atoms with E-state index in [2.05, 4.69) is 37.8 Å². The van der Waals surface area contributed by atoms with Crippen LogP contribution in [0.2, 0.25) is 0 Å². The van der Waals surface area contributed by atoms with Crippen molar-refractivity contribution in [3.8, 4) is 0 Å². The van der Waals surface area contributed by atoms with Gasteiger partial charge in [0.25, 0.3) is 0 Å². The first-order chi connectivity index (χ1) is 9.00. The zero-order valence-electron chi connectivity index (χ0n) is 11.5. The van der Waals surface area contributed by atoms with Gasteiger partial charge in [-0.15, -0.1) is 0 Å². The molecule has 0 bridgehead atoms. The summed E-state index contributed by atoms with van der Waals surface area (Å²) >= 11 is 4.75. The van der Waals surface area contributed by atoms with Crippen molar-refractivity contribution < 1.29 is 16.9 Å². The Hall–Kier alpha value is 0.609. The molecule has 0 radical (unpaired) electrons. The number of halogens is 1. The van der Waals surface area contributed by atoms with Crippen molar-refractivity contribution in [1.29, 1.82) is 0 Å². The molecule has 0 aromatic carbocycles. The molecule has 2 aliphatic carbocycles. The third-order valence-electron chi connectivity index (χ3n) is 3.32. The summed E-state index contributed by atoms with van der Waals surface area (Å²) in [5, 5.41) is 0. The van der Waals surface area contributed by atoms with E-state index in [0.717, 1.165) is 0 Å². The van der Waals surface area contributed by atoms with Crippen LogP contribution in [0.3, 0.4) is 0 Å². The van der Waals surface area contributed by atoms with Crippen LogP contribution in [0.5, 0.6) is 0 Å². The van der Waals surface area contributed by atoms with Crippen LogP contribution in [0.4, 0.5) is 0 Å². The van der Waals surface area contributed by atoms with Crippen LogP contribution in [0.25, 0.3) is 0 Å². The summed E-state index contributed by atoms with van der Waals surface area (Å²) in [5.74, 6) is 0. The van der Waals surface area contributed by atoms with Gasteiger partial charge < -0.3 is 0 Å². The topological polar surface area (TPSA) is 0 Å². The van der Waals surface area contributed by atoms with E-state index in [4.69, 9.17) is 0 Å². The van der Waals surface area contributed by atoms with E-state index in [1.54, 1.807) is 0 Å². The molecule has 18 heavy (non-hydrogen) atoms. The van der Waals surface area contributed by atoms with Gasteiger partial charge in [0.15, 0.2) is 0 Å². The van der Waals surface area contributed by atoms with Crippen LogP contribution in [0, 0.1) is 0 Å². The van der Waals surface area contributed by atoms with Crippen molar-refractivity contribution in [2.75, 3.05) is 0 Å². The van der Waals surface area contributed by atoms with E-state index in [-0.39, 0.29) is 0 Å². The molecule has 2 rings (SSSR count). The molecule has 0 aliphatic heterocycles. The molecule has 0 N–H and O–H groups in total. The average molecular weight is 493 g/mol. The maximum atomic E-state index is 2.94. The van der Waals surface area contributed by atoms with Crippen molar-refractivity contribution in [3.63, 3.8) is 0 Å². The molecule has 0 saturated carbocycles. The van der Waals surface area contributed by atoms with Gasteiger partial charge in [-0.3, -0.25) is 0 Å². The molecule has 2 aliphatic rings. The fourth-order valence-corrected chi connectivity index (χ4v) is 2.23. The van der Waals surface area contributed by atoms with E-state index in [9.17, 15) is 0 Å². The zero-order valence-corrected chi connectivity index (χ0v) is 15.5. The predicted octanol–water partition coefficient (Wildman–Crippen LogP) is 6.64. The van der Waals surface area contributed by atoms with Gasteiger partial charge in [-0.25, -0.2) is 0 Å². The van der Waals surface area contributed by atoms with E-state index in [1.165, 1.54) is 77.0 Å². The Morgan fingerprint density at radius 1 is 0.444 bits per heavy atom. The summed E-state index contributed by atoms with van der Waals surface area (Å²) in [6.45, 7) is 0. The van der Waals surface area contributed by atoms with Crippen LogP contribution >= 0.6 is 13.5 Å². The summed E-state index contributed by atoms with van der Waals surface area (Å²) in [4.78, 5) is 0. The fourth-order valence-electron chi connectivity index (χ4n) is 2.23. The molecule has 0 atom stereocenters. The van der Waals surface area contributed by atoms with Gasteiger partial charge in [-0.1, -0.05) is 50.0 Å². The summed E-state index contributed by atoms with van der Waals surface area (Å²) in [5.41, 5.74) is 0. The fraction of sp³-hybridized carbons (Fsp3) is 0.750. The number of allylic oxidation sites excluding steroid dienone is 4. The Morgan fingerprint density at radius 3 is 0.889 bits per heavy atom. The third-order valence-corrected chi connectivity index (χ3v) is 3.32. The monoisotopic (exact) mass is 492 g/mol. The summed E-state index contributed by atoms with van der Waals surface area (Å²) in [7, 11) is 0. The summed E-state index contributed by atoms with van der Waals surface area (Å²) < 4.78 is 0. The van der Waals surface area contributed by atoms with Gasteiger partial charge in [0.1, 0.15) is 0 Å². The third kappa shape index (κ3) is 14.7. The second-order valence-electron chi connectivity index (χ2n) is 4.93. The summed E-state index contributed by atoms with van der Waals surface area (Å²) in [6.07, 6.45) is 26.0. The van der Waals surface area contributed by atoms with Gasteiger partial charge in [0.2, 0.25) is 0 Å². The molecular weight excluding hydrogens is 464 g/mol. The van der Waals surface area contributed by atoms with Crippen LogP contribution in [-0.2, 0) is 16.9 Å². The molecule has 0 fully saturated rings. The van der Waals surface area contributed by atoms with E-state index in [0.29, 0.717) is 0 Å².